The van der Waals surface area contributed by atoms with Gasteiger partial charge in [0.1, 0.15) is 5.82 Å². The number of hydrogen-bond donors (Lipinski definition) is 1. The second-order valence-electron chi connectivity index (χ2n) is 3.12. The van der Waals surface area contributed by atoms with E-state index in [4.69, 9.17) is 0 Å². The zero-order valence-electron chi connectivity index (χ0n) is 8.26. The van der Waals surface area contributed by atoms with E-state index in [2.05, 4.69) is 11.9 Å². The molecule has 1 unspecified atom stereocenters. The molecule has 1 N–H and O–H groups in total. The average molecular weight is 319 g/mol. The molecule has 1 aromatic carbocycles. The van der Waals surface area contributed by atoms with Crippen molar-refractivity contribution >= 4 is 28.5 Å². The molecule has 2 nitrogen and oxygen atoms in total. The number of halogens is 2. The van der Waals surface area contributed by atoms with Crippen LogP contribution in [0.1, 0.15) is 17.3 Å². The summed E-state index contributed by atoms with van der Waals surface area (Å²) in [6.07, 6.45) is 1.63. The highest BCUT2D eigenvalue weighted by Crippen LogP contribution is 2.13. The second kappa shape index (κ2) is 5.25. The highest BCUT2D eigenvalue weighted by atomic mass is 127. The van der Waals surface area contributed by atoms with Gasteiger partial charge in [-0.25, -0.2) is 4.39 Å². The van der Waals surface area contributed by atoms with Crippen molar-refractivity contribution < 1.29 is 9.18 Å². The molecule has 0 saturated heterocycles. The zero-order chi connectivity index (χ0) is 11.4. The molecular formula is C11H11FINO. The monoisotopic (exact) mass is 319 g/mol. The first-order valence-corrected chi connectivity index (χ1v) is 5.51. The Hall–Kier alpha value is -0.910. The Labute approximate surface area is 102 Å². The number of carbonyl (C=O) groups excluding carboxylic acids is 1. The van der Waals surface area contributed by atoms with Gasteiger partial charge in [-0.2, -0.15) is 0 Å². The molecule has 4 heteroatoms. The fraction of sp³-hybridized carbons (Fsp3) is 0.182. The predicted octanol–water partition coefficient (Wildman–Crippen LogP) is 2.73. The Balaban J connectivity index is 2.87. The number of carbonyl (C=O) groups is 1. The SMILES string of the molecule is C=CC(C)NC(=O)c1ccc(F)cc1I. The van der Waals surface area contributed by atoms with Gasteiger partial charge in [0.15, 0.2) is 0 Å². The van der Waals surface area contributed by atoms with Crippen molar-refractivity contribution in [1.82, 2.24) is 5.32 Å². The van der Waals surface area contributed by atoms with Crippen LogP contribution in [0.5, 0.6) is 0 Å². The predicted molar refractivity (Wildman–Crippen MR) is 66.2 cm³/mol. The Morgan fingerprint density at radius 2 is 2.33 bits per heavy atom. The van der Waals surface area contributed by atoms with Crippen molar-refractivity contribution in [2.45, 2.75) is 13.0 Å². The van der Waals surface area contributed by atoms with Crippen LogP contribution in [0.3, 0.4) is 0 Å². The van der Waals surface area contributed by atoms with Crippen LogP contribution in [0.25, 0.3) is 0 Å². The summed E-state index contributed by atoms with van der Waals surface area (Å²) in [5, 5.41) is 2.72. The minimum atomic E-state index is -0.340. The minimum absolute atomic E-state index is 0.0987. The van der Waals surface area contributed by atoms with Crippen molar-refractivity contribution in [3.63, 3.8) is 0 Å². The average Bonchev–Trinajstić information content (AvgIpc) is 2.17. The number of amides is 1. The minimum Gasteiger partial charge on any atom is -0.346 e. The van der Waals surface area contributed by atoms with E-state index >= 15 is 0 Å². The van der Waals surface area contributed by atoms with E-state index in [1.165, 1.54) is 18.2 Å². The highest BCUT2D eigenvalue weighted by molar-refractivity contribution is 14.1. The molecule has 15 heavy (non-hydrogen) atoms. The third-order valence-corrected chi connectivity index (χ3v) is 2.78. The molecule has 1 amide bonds. The summed E-state index contributed by atoms with van der Waals surface area (Å²) in [5.74, 6) is -0.556. The standard InChI is InChI=1S/C11H11FINO/c1-3-7(2)14-11(15)9-5-4-8(12)6-10(9)13/h3-7H,1H2,2H3,(H,14,15). The molecule has 1 rings (SSSR count). The van der Waals surface area contributed by atoms with Crippen LogP contribution in [0, 0.1) is 9.39 Å². The lowest BCUT2D eigenvalue weighted by Gasteiger charge is -2.10. The zero-order valence-corrected chi connectivity index (χ0v) is 10.4. The van der Waals surface area contributed by atoms with Crippen LogP contribution in [-0.2, 0) is 0 Å². The quantitative estimate of drug-likeness (QED) is 0.674. The van der Waals surface area contributed by atoms with Crippen LogP contribution >= 0.6 is 22.6 Å². The maximum Gasteiger partial charge on any atom is 0.252 e. The number of hydrogen-bond acceptors (Lipinski definition) is 1. The summed E-state index contributed by atoms with van der Waals surface area (Å²) >= 11 is 1.93. The lowest BCUT2D eigenvalue weighted by atomic mass is 10.2. The molecule has 0 saturated carbocycles. The lowest BCUT2D eigenvalue weighted by Crippen LogP contribution is -2.31. The van der Waals surface area contributed by atoms with Crippen molar-refractivity contribution in [2.24, 2.45) is 0 Å². The third kappa shape index (κ3) is 3.30. The summed E-state index contributed by atoms with van der Waals surface area (Å²) in [5.41, 5.74) is 0.478. The second-order valence-corrected chi connectivity index (χ2v) is 4.28. The summed E-state index contributed by atoms with van der Waals surface area (Å²) < 4.78 is 13.4. The Bertz CT molecular complexity index is 392. The molecule has 0 heterocycles. The maximum absolute atomic E-state index is 12.8. The van der Waals surface area contributed by atoms with E-state index in [0.717, 1.165) is 0 Å². The van der Waals surface area contributed by atoms with Gasteiger partial charge in [0.05, 0.1) is 5.56 Å². The number of nitrogens with one attached hydrogen (secondary N) is 1. The highest BCUT2D eigenvalue weighted by Gasteiger charge is 2.11. The Kier molecular flexibility index (Phi) is 4.26. The molecule has 0 aliphatic rings. The molecule has 80 valence electrons. The molecule has 0 aromatic heterocycles. The van der Waals surface area contributed by atoms with Crippen LogP contribution in [-0.4, -0.2) is 11.9 Å². The smallest absolute Gasteiger partial charge is 0.252 e. The van der Waals surface area contributed by atoms with Gasteiger partial charge in [-0.15, -0.1) is 6.58 Å². The van der Waals surface area contributed by atoms with Crippen molar-refractivity contribution in [2.75, 3.05) is 0 Å². The van der Waals surface area contributed by atoms with Gasteiger partial charge in [0, 0.05) is 9.61 Å². The van der Waals surface area contributed by atoms with Gasteiger partial charge in [0.2, 0.25) is 0 Å². The third-order valence-electron chi connectivity index (χ3n) is 1.89. The Morgan fingerprint density at radius 1 is 1.67 bits per heavy atom. The van der Waals surface area contributed by atoms with Crippen LogP contribution in [0.2, 0.25) is 0 Å². The van der Waals surface area contributed by atoms with Crippen LogP contribution in [0.4, 0.5) is 4.39 Å². The van der Waals surface area contributed by atoms with Gasteiger partial charge in [-0.1, -0.05) is 6.08 Å². The van der Waals surface area contributed by atoms with E-state index in [1.54, 1.807) is 6.08 Å². The fourth-order valence-electron chi connectivity index (χ4n) is 1.02. The van der Waals surface area contributed by atoms with Gasteiger partial charge in [-0.05, 0) is 47.7 Å². The molecule has 0 aliphatic heterocycles. The van der Waals surface area contributed by atoms with E-state index in [9.17, 15) is 9.18 Å². The first kappa shape index (κ1) is 12.2. The molecular weight excluding hydrogens is 308 g/mol. The maximum atomic E-state index is 12.8. The molecule has 1 atom stereocenters. The molecule has 0 aliphatic carbocycles. The molecule has 0 radical (unpaired) electrons. The van der Waals surface area contributed by atoms with E-state index in [1.807, 2.05) is 29.5 Å². The summed E-state index contributed by atoms with van der Waals surface area (Å²) in [4.78, 5) is 11.7. The largest absolute Gasteiger partial charge is 0.346 e. The van der Waals surface area contributed by atoms with Gasteiger partial charge in [-0.3, -0.25) is 4.79 Å². The molecule has 0 spiro atoms. The number of benzene rings is 1. The summed E-state index contributed by atoms with van der Waals surface area (Å²) in [6.45, 7) is 5.39. The van der Waals surface area contributed by atoms with Gasteiger partial charge < -0.3 is 5.32 Å². The summed E-state index contributed by atoms with van der Waals surface area (Å²) in [6, 6.07) is 3.98. The molecule has 0 bridgehead atoms. The van der Waals surface area contributed by atoms with Crippen molar-refractivity contribution in [3.05, 3.63) is 45.8 Å². The van der Waals surface area contributed by atoms with Crippen LogP contribution < -0.4 is 5.32 Å². The van der Waals surface area contributed by atoms with E-state index in [0.29, 0.717) is 9.13 Å². The first-order valence-electron chi connectivity index (χ1n) is 4.43. The lowest BCUT2D eigenvalue weighted by molar-refractivity contribution is 0.0946. The first-order chi connectivity index (χ1) is 7.04. The van der Waals surface area contributed by atoms with Crippen molar-refractivity contribution in [1.29, 1.82) is 0 Å². The van der Waals surface area contributed by atoms with E-state index in [-0.39, 0.29) is 17.8 Å². The van der Waals surface area contributed by atoms with Gasteiger partial charge in [0.25, 0.3) is 5.91 Å². The molecule has 0 fully saturated rings. The molecule has 1 aromatic rings. The van der Waals surface area contributed by atoms with E-state index < -0.39 is 0 Å². The van der Waals surface area contributed by atoms with Gasteiger partial charge >= 0.3 is 0 Å². The normalized spacial score (nSPS) is 11.9. The number of rotatable bonds is 3. The topological polar surface area (TPSA) is 29.1 Å². The van der Waals surface area contributed by atoms with Crippen molar-refractivity contribution in [3.8, 4) is 0 Å². The van der Waals surface area contributed by atoms with Crippen LogP contribution in [0.15, 0.2) is 30.9 Å². The summed E-state index contributed by atoms with van der Waals surface area (Å²) in [7, 11) is 0. The fourth-order valence-corrected chi connectivity index (χ4v) is 1.74. The Morgan fingerprint density at radius 3 is 2.87 bits per heavy atom.